The standard InChI is InChI=1S/C24H39N3O2/c1-6-8-9-10-15-25-22(28)20-17-26(7-2)23(29)27(18-20)16-19-11-13-21(14-12-19)24(3,4)5/h11-14,20H,6-10,15-18H2,1-5H3,(H,25,28). The largest absolute Gasteiger partial charge is 0.356 e. The molecule has 29 heavy (non-hydrogen) atoms. The van der Waals surface area contributed by atoms with E-state index >= 15 is 0 Å². The van der Waals surface area contributed by atoms with Crippen LogP contribution in [0.25, 0.3) is 0 Å². The average Bonchev–Trinajstić information content (AvgIpc) is 2.69. The van der Waals surface area contributed by atoms with Gasteiger partial charge in [-0.3, -0.25) is 4.79 Å². The summed E-state index contributed by atoms with van der Waals surface area (Å²) in [5.74, 6) is -0.104. The summed E-state index contributed by atoms with van der Waals surface area (Å²) >= 11 is 0. The Hall–Kier alpha value is -2.04. The number of amides is 3. The second-order valence-electron chi connectivity index (χ2n) is 9.20. The number of hydrogen-bond donors (Lipinski definition) is 1. The predicted octanol–water partition coefficient (Wildman–Crippen LogP) is 4.55. The summed E-state index contributed by atoms with van der Waals surface area (Å²) in [6.45, 7) is 13.6. The lowest BCUT2D eigenvalue weighted by Crippen LogP contribution is -2.56. The van der Waals surface area contributed by atoms with Gasteiger partial charge < -0.3 is 15.1 Å². The Balaban J connectivity index is 1.99. The average molecular weight is 402 g/mol. The SMILES string of the molecule is CCCCCCNC(=O)C1CN(CC)C(=O)N(Cc2ccc(C(C)(C)C)cc2)C1. The zero-order valence-corrected chi connectivity index (χ0v) is 19.0. The van der Waals surface area contributed by atoms with Crippen LogP contribution in [0.1, 0.15) is 71.4 Å². The van der Waals surface area contributed by atoms with E-state index < -0.39 is 0 Å². The number of urea groups is 1. The van der Waals surface area contributed by atoms with Gasteiger partial charge in [0.2, 0.25) is 5.91 Å². The highest BCUT2D eigenvalue weighted by molar-refractivity contribution is 5.83. The van der Waals surface area contributed by atoms with Gasteiger partial charge in [0.05, 0.1) is 5.92 Å². The third-order valence-corrected chi connectivity index (χ3v) is 5.70. The molecule has 3 amide bonds. The first kappa shape index (κ1) is 23.2. The van der Waals surface area contributed by atoms with Gasteiger partial charge in [0.15, 0.2) is 0 Å². The highest BCUT2D eigenvalue weighted by atomic mass is 16.2. The number of nitrogens with zero attached hydrogens (tertiary/aromatic N) is 2. The van der Waals surface area contributed by atoms with E-state index in [9.17, 15) is 9.59 Å². The Morgan fingerprint density at radius 1 is 1.03 bits per heavy atom. The van der Waals surface area contributed by atoms with E-state index in [0.29, 0.717) is 26.2 Å². The highest BCUT2D eigenvalue weighted by Gasteiger charge is 2.34. The Kier molecular flexibility index (Phi) is 8.54. The third-order valence-electron chi connectivity index (χ3n) is 5.70. The molecule has 1 aromatic carbocycles. The molecule has 0 saturated carbocycles. The van der Waals surface area contributed by atoms with Crippen molar-refractivity contribution >= 4 is 11.9 Å². The molecule has 1 heterocycles. The minimum absolute atomic E-state index is 0.0272. The molecule has 1 saturated heterocycles. The molecule has 1 atom stereocenters. The topological polar surface area (TPSA) is 52.7 Å². The molecule has 2 rings (SSSR count). The lowest BCUT2D eigenvalue weighted by Gasteiger charge is -2.39. The number of carbonyl (C=O) groups is 2. The Labute approximate surface area is 176 Å². The summed E-state index contributed by atoms with van der Waals surface area (Å²) in [4.78, 5) is 29.1. The van der Waals surface area contributed by atoms with Crippen LogP contribution in [-0.4, -0.2) is 47.9 Å². The number of nitrogens with one attached hydrogen (secondary N) is 1. The molecule has 1 N–H and O–H groups in total. The summed E-state index contributed by atoms with van der Waals surface area (Å²) < 4.78 is 0. The van der Waals surface area contributed by atoms with Crippen molar-refractivity contribution in [1.82, 2.24) is 15.1 Å². The zero-order chi connectivity index (χ0) is 21.4. The molecule has 0 radical (unpaired) electrons. The molecule has 1 aliphatic rings. The fourth-order valence-corrected chi connectivity index (χ4v) is 3.75. The third kappa shape index (κ3) is 6.76. The fourth-order valence-electron chi connectivity index (χ4n) is 3.75. The Morgan fingerprint density at radius 2 is 1.69 bits per heavy atom. The van der Waals surface area contributed by atoms with Crippen molar-refractivity contribution in [2.24, 2.45) is 5.92 Å². The van der Waals surface area contributed by atoms with Gasteiger partial charge in [-0.1, -0.05) is 71.2 Å². The number of carbonyl (C=O) groups excluding carboxylic acids is 2. The fraction of sp³-hybridized carbons (Fsp3) is 0.667. The van der Waals surface area contributed by atoms with Crippen LogP contribution in [0.3, 0.4) is 0 Å². The first-order chi connectivity index (χ1) is 13.8. The van der Waals surface area contributed by atoms with E-state index in [-0.39, 0.29) is 23.3 Å². The molecular formula is C24H39N3O2. The molecule has 1 fully saturated rings. The normalized spacial score (nSPS) is 17.6. The van der Waals surface area contributed by atoms with Gasteiger partial charge in [0.25, 0.3) is 0 Å². The van der Waals surface area contributed by atoms with Crippen LogP contribution in [0.4, 0.5) is 4.79 Å². The first-order valence-electron chi connectivity index (χ1n) is 11.2. The van der Waals surface area contributed by atoms with Crippen LogP contribution >= 0.6 is 0 Å². The van der Waals surface area contributed by atoms with Gasteiger partial charge in [-0.05, 0) is 29.9 Å². The maximum atomic E-state index is 12.8. The first-order valence-corrected chi connectivity index (χ1v) is 11.2. The maximum absolute atomic E-state index is 12.8. The van der Waals surface area contributed by atoms with Crippen molar-refractivity contribution in [2.75, 3.05) is 26.2 Å². The second-order valence-corrected chi connectivity index (χ2v) is 9.20. The van der Waals surface area contributed by atoms with Crippen LogP contribution < -0.4 is 5.32 Å². The van der Waals surface area contributed by atoms with Crippen LogP contribution in [0.2, 0.25) is 0 Å². The van der Waals surface area contributed by atoms with Crippen molar-refractivity contribution in [3.8, 4) is 0 Å². The number of unbranched alkanes of at least 4 members (excludes halogenated alkanes) is 3. The van der Waals surface area contributed by atoms with Crippen LogP contribution in [0.5, 0.6) is 0 Å². The zero-order valence-electron chi connectivity index (χ0n) is 19.0. The summed E-state index contributed by atoms with van der Waals surface area (Å²) in [6, 6.07) is 8.51. The molecule has 5 heteroatoms. The smallest absolute Gasteiger partial charge is 0.320 e. The highest BCUT2D eigenvalue weighted by Crippen LogP contribution is 2.23. The Bertz CT molecular complexity index is 664. The molecular weight excluding hydrogens is 362 g/mol. The van der Waals surface area contributed by atoms with Crippen molar-refractivity contribution in [3.63, 3.8) is 0 Å². The monoisotopic (exact) mass is 401 g/mol. The molecule has 162 valence electrons. The van der Waals surface area contributed by atoms with Crippen molar-refractivity contribution < 1.29 is 9.59 Å². The number of rotatable bonds is 9. The minimum atomic E-state index is -0.173. The van der Waals surface area contributed by atoms with Gasteiger partial charge in [-0.15, -0.1) is 0 Å². The van der Waals surface area contributed by atoms with Crippen molar-refractivity contribution in [2.45, 2.75) is 72.3 Å². The van der Waals surface area contributed by atoms with E-state index in [2.05, 4.69) is 57.3 Å². The lowest BCUT2D eigenvalue weighted by atomic mass is 9.86. The number of hydrogen-bond acceptors (Lipinski definition) is 2. The van der Waals surface area contributed by atoms with Gasteiger partial charge in [-0.2, -0.15) is 0 Å². The molecule has 1 unspecified atom stereocenters. The predicted molar refractivity (Wildman–Crippen MR) is 119 cm³/mol. The quantitative estimate of drug-likeness (QED) is 0.617. The summed E-state index contributed by atoms with van der Waals surface area (Å²) in [5.41, 5.74) is 2.49. The van der Waals surface area contributed by atoms with Gasteiger partial charge in [-0.25, -0.2) is 4.79 Å². The van der Waals surface area contributed by atoms with E-state index in [4.69, 9.17) is 0 Å². The van der Waals surface area contributed by atoms with Crippen LogP contribution in [0, 0.1) is 5.92 Å². The molecule has 5 nitrogen and oxygen atoms in total. The van der Waals surface area contributed by atoms with E-state index in [1.807, 2.05) is 11.8 Å². The van der Waals surface area contributed by atoms with Gasteiger partial charge >= 0.3 is 6.03 Å². The van der Waals surface area contributed by atoms with Gasteiger partial charge in [0, 0.05) is 32.7 Å². The maximum Gasteiger partial charge on any atom is 0.320 e. The summed E-state index contributed by atoms with van der Waals surface area (Å²) in [6.07, 6.45) is 4.57. The van der Waals surface area contributed by atoms with Crippen LogP contribution in [0.15, 0.2) is 24.3 Å². The molecule has 0 bridgehead atoms. The summed E-state index contributed by atoms with van der Waals surface area (Å²) in [7, 11) is 0. The van der Waals surface area contributed by atoms with Crippen molar-refractivity contribution in [1.29, 1.82) is 0 Å². The lowest BCUT2D eigenvalue weighted by molar-refractivity contribution is -0.126. The second kappa shape index (κ2) is 10.7. The molecule has 0 spiro atoms. The Morgan fingerprint density at radius 3 is 2.28 bits per heavy atom. The summed E-state index contributed by atoms with van der Waals surface area (Å²) in [5, 5.41) is 3.08. The van der Waals surface area contributed by atoms with Gasteiger partial charge in [0.1, 0.15) is 0 Å². The molecule has 1 aliphatic heterocycles. The van der Waals surface area contributed by atoms with E-state index in [1.165, 1.54) is 18.4 Å². The molecule has 1 aromatic rings. The minimum Gasteiger partial charge on any atom is -0.356 e. The van der Waals surface area contributed by atoms with Crippen LogP contribution in [-0.2, 0) is 16.8 Å². The molecule has 0 aliphatic carbocycles. The van der Waals surface area contributed by atoms with E-state index in [1.54, 1.807) is 4.90 Å². The van der Waals surface area contributed by atoms with Crippen molar-refractivity contribution in [3.05, 3.63) is 35.4 Å². The number of benzene rings is 1. The molecule has 0 aromatic heterocycles. The van der Waals surface area contributed by atoms with E-state index in [0.717, 1.165) is 24.9 Å².